The van der Waals surface area contributed by atoms with Crippen molar-refractivity contribution in [3.05, 3.63) is 41.3 Å². The van der Waals surface area contributed by atoms with Crippen molar-refractivity contribution in [3.8, 4) is 11.3 Å². The van der Waals surface area contributed by atoms with Gasteiger partial charge in [-0.2, -0.15) is 0 Å². The fraction of sp³-hybridized carbons (Fsp3) is 0.286. The fourth-order valence-corrected chi connectivity index (χ4v) is 1.90. The third-order valence-electron chi connectivity index (χ3n) is 2.81. The van der Waals surface area contributed by atoms with Gasteiger partial charge in [0.1, 0.15) is 5.82 Å². The van der Waals surface area contributed by atoms with Gasteiger partial charge >= 0.3 is 5.97 Å². The number of rotatable bonds is 4. The number of nitrogens with one attached hydrogen (secondary N) is 1. The number of hydrogen-bond donors (Lipinski definition) is 2. The van der Waals surface area contributed by atoms with Crippen molar-refractivity contribution >= 4 is 5.97 Å². The lowest BCUT2D eigenvalue weighted by Crippen LogP contribution is -1.99. The Morgan fingerprint density at radius 2 is 1.94 bits per heavy atom. The van der Waals surface area contributed by atoms with Crippen LogP contribution in [0.5, 0.6) is 0 Å². The van der Waals surface area contributed by atoms with Crippen molar-refractivity contribution in [1.29, 1.82) is 0 Å². The van der Waals surface area contributed by atoms with Gasteiger partial charge in [-0.3, -0.25) is 4.79 Å². The minimum absolute atomic E-state index is 0.112. The van der Waals surface area contributed by atoms with Crippen LogP contribution < -0.4 is 0 Å². The van der Waals surface area contributed by atoms with Gasteiger partial charge in [-0.05, 0) is 13.8 Å². The first-order chi connectivity index (χ1) is 8.56. The van der Waals surface area contributed by atoms with Gasteiger partial charge in [-0.15, -0.1) is 0 Å². The standard InChI is InChI=1S/C14H16N2O2/c1-9-3-5-11(6-4-9)14-12(7-8-13(17)18)15-10(2)16-14/h3-6H,7-8H2,1-2H3,(H,15,16)(H,17,18). The molecule has 18 heavy (non-hydrogen) atoms. The third-order valence-corrected chi connectivity index (χ3v) is 2.81. The Kier molecular flexibility index (Phi) is 3.46. The van der Waals surface area contributed by atoms with Gasteiger partial charge in [0, 0.05) is 17.7 Å². The molecule has 0 atom stereocenters. The number of hydrogen-bond acceptors (Lipinski definition) is 2. The molecule has 2 N–H and O–H groups in total. The molecule has 94 valence electrons. The summed E-state index contributed by atoms with van der Waals surface area (Å²) in [4.78, 5) is 18.2. The number of aliphatic carboxylic acids is 1. The molecule has 2 aromatic rings. The molecular formula is C14H16N2O2. The Morgan fingerprint density at radius 1 is 1.28 bits per heavy atom. The van der Waals surface area contributed by atoms with E-state index in [1.165, 1.54) is 5.56 Å². The van der Waals surface area contributed by atoms with Crippen LogP contribution in [-0.4, -0.2) is 21.0 Å². The molecule has 0 aliphatic rings. The summed E-state index contributed by atoms with van der Waals surface area (Å²) in [7, 11) is 0. The highest BCUT2D eigenvalue weighted by atomic mass is 16.4. The lowest BCUT2D eigenvalue weighted by atomic mass is 10.1. The molecule has 2 rings (SSSR count). The van der Waals surface area contributed by atoms with E-state index >= 15 is 0 Å². The number of aryl methyl sites for hydroxylation is 3. The van der Waals surface area contributed by atoms with Crippen LogP contribution >= 0.6 is 0 Å². The smallest absolute Gasteiger partial charge is 0.303 e. The first-order valence-corrected chi connectivity index (χ1v) is 5.90. The Labute approximate surface area is 106 Å². The first kappa shape index (κ1) is 12.4. The van der Waals surface area contributed by atoms with Crippen LogP contribution in [0.15, 0.2) is 24.3 Å². The molecular weight excluding hydrogens is 228 g/mol. The van der Waals surface area contributed by atoms with Crippen LogP contribution in [0, 0.1) is 13.8 Å². The number of imidazole rings is 1. The Morgan fingerprint density at radius 3 is 2.56 bits per heavy atom. The molecule has 0 fully saturated rings. The molecule has 0 amide bonds. The monoisotopic (exact) mass is 244 g/mol. The van der Waals surface area contributed by atoms with E-state index < -0.39 is 5.97 Å². The number of carboxylic acids is 1. The van der Waals surface area contributed by atoms with Crippen molar-refractivity contribution in [1.82, 2.24) is 9.97 Å². The van der Waals surface area contributed by atoms with Gasteiger partial charge in [0.05, 0.1) is 12.1 Å². The summed E-state index contributed by atoms with van der Waals surface area (Å²) in [6, 6.07) is 8.07. The minimum atomic E-state index is -0.794. The second-order valence-electron chi connectivity index (χ2n) is 4.41. The van der Waals surface area contributed by atoms with Gasteiger partial charge in [0.25, 0.3) is 0 Å². The number of aromatic amines is 1. The van der Waals surface area contributed by atoms with Crippen molar-refractivity contribution in [2.45, 2.75) is 26.7 Å². The molecule has 0 saturated carbocycles. The summed E-state index contributed by atoms with van der Waals surface area (Å²) in [6.45, 7) is 3.91. The normalized spacial score (nSPS) is 10.6. The molecule has 1 aromatic carbocycles. The number of carboxylic acid groups (broad SMARTS) is 1. The van der Waals surface area contributed by atoms with Gasteiger partial charge < -0.3 is 10.1 Å². The minimum Gasteiger partial charge on any atom is -0.481 e. The van der Waals surface area contributed by atoms with E-state index in [9.17, 15) is 4.79 Å². The summed E-state index contributed by atoms with van der Waals surface area (Å²) in [5.41, 5.74) is 3.95. The zero-order valence-corrected chi connectivity index (χ0v) is 10.5. The summed E-state index contributed by atoms with van der Waals surface area (Å²) < 4.78 is 0. The summed E-state index contributed by atoms with van der Waals surface area (Å²) in [6.07, 6.45) is 0.583. The topological polar surface area (TPSA) is 66.0 Å². The summed E-state index contributed by atoms with van der Waals surface area (Å²) in [5, 5.41) is 8.75. The van der Waals surface area contributed by atoms with Gasteiger partial charge in [0.2, 0.25) is 0 Å². The van der Waals surface area contributed by atoms with E-state index in [0.29, 0.717) is 6.42 Å². The predicted molar refractivity (Wildman–Crippen MR) is 69.5 cm³/mol. The van der Waals surface area contributed by atoms with Crippen molar-refractivity contribution < 1.29 is 9.90 Å². The van der Waals surface area contributed by atoms with E-state index in [1.807, 2.05) is 38.1 Å². The van der Waals surface area contributed by atoms with Crippen LogP contribution in [0.2, 0.25) is 0 Å². The van der Waals surface area contributed by atoms with Crippen LogP contribution in [0.25, 0.3) is 11.3 Å². The maximum absolute atomic E-state index is 10.6. The zero-order chi connectivity index (χ0) is 13.1. The summed E-state index contributed by atoms with van der Waals surface area (Å²) in [5.74, 6) is 0.0167. The van der Waals surface area contributed by atoms with Crippen LogP contribution in [0.3, 0.4) is 0 Å². The van der Waals surface area contributed by atoms with Gasteiger partial charge in [-0.25, -0.2) is 4.98 Å². The predicted octanol–water partition coefficient (Wildman–Crippen LogP) is 2.71. The molecule has 0 radical (unpaired) electrons. The number of benzene rings is 1. The lowest BCUT2D eigenvalue weighted by Gasteiger charge is -2.02. The molecule has 0 unspecified atom stereocenters. The highest BCUT2D eigenvalue weighted by Gasteiger charge is 2.11. The highest BCUT2D eigenvalue weighted by molar-refractivity contribution is 5.68. The van der Waals surface area contributed by atoms with E-state index in [4.69, 9.17) is 5.11 Å². The van der Waals surface area contributed by atoms with Crippen molar-refractivity contribution in [3.63, 3.8) is 0 Å². The maximum Gasteiger partial charge on any atom is 0.303 e. The van der Waals surface area contributed by atoms with E-state index in [2.05, 4.69) is 9.97 Å². The molecule has 0 aliphatic carbocycles. The largest absolute Gasteiger partial charge is 0.481 e. The number of nitrogens with zero attached hydrogens (tertiary/aromatic N) is 1. The van der Waals surface area contributed by atoms with E-state index in [1.54, 1.807) is 0 Å². The fourth-order valence-electron chi connectivity index (χ4n) is 1.90. The SMILES string of the molecule is Cc1ccc(-c2nc(C)[nH]c2CCC(=O)O)cc1. The molecule has 0 spiro atoms. The molecule has 0 aliphatic heterocycles. The molecule has 0 saturated heterocycles. The Bertz CT molecular complexity index is 556. The Hall–Kier alpha value is -2.10. The molecule has 1 aromatic heterocycles. The number of H-pyrrole nitrogens is 1. The number of aromatic nitrogens is 2. The average Bonchev–Trinajstić information content (AvgIpc) is 2.69. The molecule has 4 nitrogen and oxygen atoms in total. The third kappa shape index (κ3) is 2.77. The molecule has 4 heteroatoms. The van der Waals surface area contributed by atoms with E-state index in [-0.39, 0.29) is 6.42 Å². The van der Waals surface area contributed by atoms with Gasteiger partial charge in [0.15, 0.2) is 0 Å². The van der Waals surface area contributed by atoms with Crippen LogP contribution in [0.4, 0.5) is 0 Å². The summed E-state index contributed by atoms with van der Waals surface area (Å²) >= 11 is 0. The van der Waals surface area contributed by atoms with Crippen molar-refractivity contribution in [2.24, 2.45) is 0 Å². The maximum atomic E-state index is 10.6. The molecule has 0 bridgehead atoms. The lowest BCUT2D eigenvalue weighted by molar-refractivity contribution is -0.136. The highest BCUT2D eigenvalue weighted by Crippen LogP contribution is 2.23. The van der Waals surface area contributed by atoms with E-state index in [0.717, 1.165) is 22.8 Å². The van der Waals surface area contributed by atoms with Crippen LogP contribution in [0.1, 0.15) is 23.5 Å². The quantitative estimate of drug-likeness (QED) is 0.869. The second-order valence-corrected chi connectivity index (χ2v) is 4.41. The Balaban J connectivity index is 2.31. The van der Waals surface area contributed by atoms with Gasteiger partial charge in [-0.1, -0.05) is 29.8 Å². The van der Waals surface area contributed by atoms with Crippen LogP contribution in [-0.2, 0) is 11.2 Å². The number of carbonyl (C=O) groups is 1. The average molecular weight is 244 g/mol. The first-order valence-electron chi connectivity index (χ1n) is 5.90. The van der Waals surface area contributed by atoms with Crippen molar-refractivity contribution in [2.75, 3.05) is 0 Å². The second kappa shape index (κ2) is 5.04. The zero-order valence-electron chi connectivity index (χ0n) is 10.5. The molecule has 1 heterocycles.